The molecule has 1 aromatic heterocycles. The lowest BCUT2D eigenvalue weighted by Crippen LogP contribution is -2.06. The fourth-order valence-electron chi connectivity index (χ4n) is 2.88. The van der Waals surface area contributed by atoms with E-state index in [4.69, 9.17) is 0 Å². The standard InChI is InChI=1S/C18H27N3/c1-5-14-9-10-15(6-2)18(11-14)16(7-3)12-17-13-21(8-4)20-19-17/h9-11,13,16H,5-8,12H2,1-4H3. The number of nitrogens with zero attached hydrogens (tertiary/aromatic N) is 3. The van der Waals surface area contributed by atoms with Crippen LogP contribution in [0, 0.1) is 0 Å². The SMILES string of the molecule is CCc1ccc(CC)c(C(CC)Cc2cn(CC)nn2)c1. The molecule has 2 rings (SSSR count). The maximum absolute atomic E-state index is 4.31. The summed E-state index contributed by atoms with van der Waals surface area (Å²) in [6, 6.07) is 6.97. The predicted molar refractivity (Wildman–Crippen MR) is 87.6 cm³/mol. The van der Waals surface area contributed by atoms with Crippen molar-refractivity contribution in [3.05, 3.63) is 46.8 Å². The fraction of sp³-hybridized carbons (Fsp3) is 0.556. The Morgan fingerprint density at radius 1 is 1.10 bits per heavy atom. The summed E-state index contributed by atoms with van der Waals surface area (Å²) in [7, 11) is 0. The average molecular weight is 285 g/mol. The van der Waals surface area contributed by atoms with Crippen molar-refractivity contribution in [2.24, 2.45) is 0 Å². The zero-order valence-corrected chi connectivity index (χ0v) is 13.8. The van der Waals surface area contributed by atoms with E-state index < -0.39 is 0 Å². The zero-order chi connectivity index (χ0) is 15.2. The van der Waals surface area contributed by atoms with Gasteiger partial charge >= 0.3 is 0 Å². The Kier molecular flexibility index (Phi) is 5.54. The van der Waals surface area contributed by atoms with Crippen molar-refractivity contribution in [2.75, 3.05) is 0 Å². The number of benzene rings is 1. The van der Waals surface area contributed by atoms with Crippen molar-refractivity contribution in [3.63, 3.8) is 0 Å². The number of hydrogen-bond donors (Lipinski definition) is 0. The van der Waals surface area contributed by atoms with Crippen LogP contribution in [0.5, 0.6) is 0 Å². The van der Waals surface area contributed by atoms with Crippen LogP contribution < -0.4 is 0 Å². The lowest BCUT2D eigenvalue weighted by Gasteiger charge is -2.19. The molecule has 1 unspecified atom stereocenters. The van der Waals surface area contributed by atoms with Gasteiger partial charge in [-0.1, -0.05) is 44.2 Å². The lowest BCUT2D eigenvalue weighted by atomic mass is 9.86. The Bertz CT molecular complexity index is 572. The second-order valence-corrected chi connectivity index (χ2v) is 5.62. The molecule has 0 amide bonds. The summed E-state index contributed by atoms with van der Waals surface area (Å²) in [5.41, 5.74) is 5.51. The summed E-state index contributed by atoms with van der Waals surface area (Å²) in [4.78, 5) is 0. The molecule has 1 atom stereocenters. The summed E-state index contributed by atoms with van der Waals surface area (Å²) in [6.45, 7) is 9.71. The van der Waals surface area contributed by atoms with E-state index in [9.17, 15) is 0 Å². The van der Waals surface area contributed by atoms with Gasteiger partial charge in [0.1, 0.15) is 0 Å². The normalized spacial score (nSPS) is 12.6. The zero-order valence-electron chi connectivity index (χ0n) is 13.8. The molecule has 0 bridgehead atoms. The molecule has 0 saturated heterocycles. The molecule has 0 spiro atoms. The Labute approximate surface area is 128 Å². The number of aromatic nitrogens is 3. The number of rotatable bonds is 7. The Hall–Kier alpha value is -1.64. The molecular weight excluding hydrogens is 258 g/mol. The monoisotopic (exact) mass is 285 g/mol. The predicted octanol–water partition coefficient (Wildman–Crippen LogP) is 4.16. The van der Waals surface area contributed by atoms with Crippen LogP contribution in [0.25, 0.3) is 0 Å². The minimum atomic E-state index is 0.536. The largest absolute Gasteiger partial charge is 0.253 e. The van der Waals surface area contributed by atoms with Gasteiger partial charge in [0.05, 0.1) is 5.69 Å². The first-order chi connectivity index (χ1) is 10.2. The molecule has 114 valence electrons. The summed E-state index contributed by atoms with van der Waals surface area (Å²) in [5, 5.41) is 8.47. The third-order valence-electron chi connectivity index (χ3n) is 4.30. The van der Waals surface area contributed by atoms with Crippen molar-refractivity contribution in [2.45, 2.75) is 65.8 Å². The molecule has 21 heavy (non-hydrogen) atoms. The number of hydrogen-bond acceptors (Lipinski definition) is 2. The van der Waals surface area contributed by atoms with Gasteiger partial charge in [0, 0.05) is 12.7 Å². The molecule has 3 heteroatoms. The number of aryl methyl sites for hydroxylation is 3. The van der Waals surface area contributed by atoms with E-state index in [1.165, 1.54) is 16.7 Å². The molecule has 2 aromatic rings. The smallest absolute Gasteiger partial charge is 0.0833 e. The van der Waals surface area contributed by atoms with Gasteiger partial charge in [0.2, 0.25) is 0 Å². The highest BCUT2D eigenvalue weighted by atomic mass is 15.4. The Balaban J connectivity index is 2.27. The van der Waals surface area contributed by atoms with Crippen LogP contribution in [-0.4, -0.2) is 15.0 Å². The van der Waals surface area contributed by atoms with Crippen molar-refractivity contribution >= 4 is 0 Å². The first kappa shape index (κ1) is 15.7. The minimum absolute atomic E-state index is 0.536. The van der Waals surface area contributed by atoms with Crippen molar-refractivity contribution < 1.29 is 0 Å². The summed E-state index contributed by atoms with van der Waals surface area (Å²) < 4.78 is 1.91. The van der Waals surface area contributed by atoms with E-state index in [0.717, 1.165) is 37.9 Å². The van der Waals surface area contributed by atoms with Gasteiger partial charge < -0.3 is 0 Å². The summed E-state index contributed by atoms with van der Waals surface area (Å²) >= 11 is 0. The van der Waals surface area contributed by atoms with Crippen LogP contribution in [0.3, 0.4) is 0 Å². The molecule has 0 aliphatic rings. The highest BCUT2D eigenvalue weighted by Crippen LogP contribution is 2.28. The van der Waals surface area contributed by atoms with Crippen LogP contribution in [-0.2, 0) is 25.8 Å². The van der Waals surface area contributed by atoms with E-state index in [1.54, 1.807) is 0 Å². The first-order valence-electron chi connectivity index (χ1n) is 8.22. The van der Waals surface area contributed by atoms with E-state index in [1.807, 2.05) is 4.68 Å². The van der Waals surface area contributed by atoms with Crippen LogP contribution in [0.15, 0.2) is 24.4 Å². The van der Waals surface area contributed by atoms with E-state index in [0.29, 0.717) is 5.92 Å². The molecule has 3 nitrogen and oxygen atoms in total. The van der Waals surface area contributed by atoms with Crippen LogP contribution >= 0.6 is 0 Å². The van der Waals surface area contributed by atoms with Gasteiger partial charge in [-0.05, 0) is 55.2 Å². The molecule has 0 saturated carbocycles. The van der Waals surface area contributed by atoms with Crippen LogP contribution in [0.1, 0.15) is 62.4 Å². The molecule has 0 fully saturated rings. The van der Waals surface area contributed by atoms with Gasteiger partial charge in [-0.15, -0.1) is 5.10 Å². The molecular formula is C18H27N3. The molecule has 1 heterocycles. The average Bonchev–Trinajstić information content (AvgIpc) is 2.99. The lowest BCUT2D eigenvalue weighted by molar-refractivity contribution is 0.623. The van der Waals surface area contributed by atoms with Gasteiger partial charge in [0.25, 0.3) is 0 Å². The maximum Gasteiger partial charge on any atom is 0.0833 e. The topological polar surface area (TPSA) is 30.7 Å². The van der Waals surface area contributed by atoms with E-state index in [2.05, 4.69) is 62.4 Å². The molecule has 0 aliphatic carbocycles. The highest BCUT2D eigenvalue weighted by Gasteiger charge is 2.16. The van der Waals surface area contributed by atoms with E-state index in [-0.39, 0.29) is 0 Å². The van der Waals surface area contributed by atoms with Crippen LogP contribution in [0.4, 0.5) is 0 Å². The first-order valence-corrected chi connectivity index (χ1v) is 8.22. The molecule has 0 radical (unpaired) electrons. The molecule has 0 N–H and O–H groups in total. The molecule has 1 aromatic carbocycles. The third-order valence-corrected chi connectivity index (χ3v) is 4.30. The van der Waals surface area contributed by atoms with Crippen molar-refractivity contribution in [3.8, 4) is 0 Å². The van der Waals surface area contributed by atoms with Gasteiger partial charge in [-0.3, -0.25) is 4.68 Å². The quantitative estimate of drug-likeness (QED) is 0.765. The van der Waals surface area contributed by atoms with E-state index >= 15 is 0 Å². The maximum atomic E-state index is 4.31. The van der Waals surface area contributed by atoms with Crippen LogP contribution in [0.2, 0.25) is 0 Å². The second-order valence-electron chi connectivity index (χ2n) is 5.62. The second kappa shape index (κ2) is 7.39. The van der Waals surface area contributed by atoms with Crippen molar-refractivity contribution in [1.29, 1.82) is 0 Å². The van der Waals surface area contributed by atoms with Crippen molar-refractivity contribution in [1.82, 2.24) is 15.0 Å². The van der Waals surface area contributed by atoms with Gasteiger partial charge in [-0.2, -0.15) is 0 Å². The molecule has 0 aliphatic heterocycles. The van der Waals surface area contributed by atoms with Gasteiger partial charge in [-0.25, -0.2) is 0 Å². The summed E-state index contributed by atoms with van der Waals surface area (Å²) in [6.07, 6.45) is 6.39. The third kappa shape index (κ3) is 3.72. The highest BCUT2D eigenvalue weighted by molar-refractivity contribution is 5.35. The summed E-state index contributed by atoms with van der Waals surface area (Å²) in [5.74, 6) is 0.536. The van der Waals surface area contributed by atoms with Gasteiger partial charge in [0.15, 0.2) is 0 Å². The Morgan fingerprint density at radius 3 is 2.48 bits per heavy atom. The fourth-order valence-corrected chi connectivity index (χ4v) is 2.88. The minimum Gasteiger partial charge on any atom is -0.253 e. The Morgan fingerprint density at radius 2 is 1.90 bits per heavy atom.